The fourth-order valence-corrected chi connectivity index (χ4v) is 4.23. The van der Waals surface area contributed by atoms with Crippen LogP contribution in [0.2, 0.25) is 0 Å². The number of nitrogens with zero attached hydrogens (tertiary/aromatic N) is 3. The number of rotatable bonds is 6. The molecule has 2 rings (SSSR count). The summed E-state index contributed by atoms with van der Waals surface area (Å²) >= 11 is 0. The summed E-state index contributed by atoms with van der Waals surface area (Å²) in [5, 5.41) is 10.9. The molecule has 1 aliphatic rings. The lowest BCUT2D eigenvalue weighted by Crippen LogP contribution is -2.55. The van der Waals surface area contributed by atoms with Crippen molar-refractivity contribution in [2.45, 2.75) is 31.2 Å². The Morgan fingerprint density at radius 3 is 2.46 bits per heavy atom. The van der Waals surface area contributed by atoms with Gasteiger partial charge < -0.3 is 10.6 Å². The Labute approximate surface area is 153 Å². The highest BCUT2D eigenvalue weighted by molar-refractivity contribution is 7.89. The maximum absolute atomic E-state index is 12.7. The van der Waals surface area contributed by atoms with Gasteiger partial charge in [-0.05, 0) is 12.0 Å². The van der Waals surface area contributed by atoms with E-state index in [0.29, 0.717) is 0 Å². The summed E-state index contributed by atoms with van der Waals surface area (Å²) < 4.78 is 26.6. The molecule has 0 bridgehead atoms. The van der Waals surface area contributed by atoms with Crippen LogP contribution in [0.1, 0.15) is 20.3 Å². The molecule has 1 saturated heterocycles. The van der Waals surface area contributed by atoms with E-state index in [4.69, 9.17) is 5.73 Å². The van der Waals surface area contributed by atoms with Gasteiger partial charge in [-0.25, -0.2) is 8.42 Å². The maximum atomic E-state index is 12.7. The number of nitro benzene ring substituents is 1. The number of hydrogen-bond acceptors (Lipinski definition) is 6. The van der Waals surface area contributed by atoms with Crippen LogP contribution in [0, 0.1) is 16.0 Å². The average molecular weight is 384 g/mol. The van der Waals surface area contributed by atoms with Crippen molar-refractivity contribution in [2.24, 2.45) is 11.7 Å². The SMILES string of the molecule is CCC(C)C(N)C(=O)N1CCN(S(=O)(=O)c2cccc([N+](=O)[O-])c2)CC1. The van der Waals surface area contributed by atoms with Crippen LogP contribution in [0.4, 0.5) is 5.69 Å². The van der Waals surface area contributed by atoms with E-state index in [9.17, 15) is 23.3 Å². The molecule has 2 N–H and O–H groups in total. The normalized spacial score (nSPS) is 18.3. The van der Waals surface area contributed by atoms with Gasteiger partial charge in [0.1, 0.15) is 0 Å². The van der Waals surface area contributed by atoms with E-state index >= 15 is 0 Å². The molecule has 26 heavy (non-hydrogen) atoms. The number of nitro groups is 1. The van der Waals surface area contributed by atoms with Crippen LogP contribution in [-0.2, 0) is 14.8 Å². The van der Waals surface area contributed by atoms with Crippen LogP contribution in [0.25, 0.3) is 0 Å². The number of non-ortho nitro benzene ring substituents is 1. The largest absolute Gasteiger partial charge is 0.339 e. The minimum atomic E-state index is -3.85. The van der Waals surface area contributed by atoms with Crippen LogP contribution in [-0.4, -0.2) is 60.7 Å². The van der Waals surface area contributed by atoms with Crippen molar-refractivity contribution in [1.82, 2.24) is 9.21 Å². The van der Waals surface area contributed by atoms with E-state index in [1.54, 1.807) is 4.90 Å². The topological polar surface area (TPSA) is 127 Å². The first-order valence-corrected chi connectivity index (χ1v) is 9.91. The summed E-state index contributed by atoms with van der Waals surface area (Å²) in [4.78, 5) is 24.1. The first-order valence-electron chi connectivity index (χ1n) is 8.47. The molecule has 2 atom stereocenters. The van der Waals surface area contributed by atoms with Crippen molar-refractivity contribution in [2.75, 3.05) is 26.2 Å². The summed E-state index contributed by atoms with van der Waals surface area (Å²) in [6.45, 7) is 4.62. The number of hydrogen-bond donors (Lipinski definition) is 1. The van der Waals surface area contributed by atoms with Crippen molar-refractivity contribution in [3.8, 4) is 0 Å². The number of carbonyl (C=O) groups is 1. The summed E-state index contributed by atoms with van der Waals surface area (Å²) in [5.41, 5.74) is 5.69. The van der Waals surface area contributed by atoms with Gasteiger partial charge in [-0.2, -0.15) is 4.31 Å². The monoisotopic (exact) mass is 384 g/mol. The van der Waals surface area contributed by atoms with Crippen LogP contribution < -0.4 is 5.73 Å². The Bertz CT molecular complexity index is 775. The second-order valence-corrected chi connectivity index (χ2v) is 8.33. The Morgan fingerprint density at radius 1 is 1.31 bits per heavy atom. The average Bonchev–Trinajstić information content (AvgIpc) is 2.66. The van der Waals surface area contributed by atoms with Gasteiger partial charge in [0.05, 0.1) is 15.9 Å². The van der Waals surface area contributed by atoms with Crippen molar-refractivity contribution in [1.29, 1.82) is 0 Å². The van der Waals surface area contributed by atoms with E-state index in [-0.39, 0.29) is 48.6 Å². The van der Waals surface area contributed by atoms with Gasteiger partial charge in [-0.15, -0.1) is 0 Å². The van der Waals surface area contributed by atoms with E-state index in [0.717, 1.165) is 12.5 Å². The summed E-state index contributed by atoms with van der Waals surface area (Å²) in [6, 6.07) is 4.37. The highest BCUT2D eigenvalue weighted by Crippen LogP contribution is 2.22. The molecular weight excluding hydrogens is 360 g/mol. The third kappa shape index (κ3) is 4.19. The standard InChI is InChI=1S/C16H24N4O5S/c1-3-12(2)15(17)16(21)18-7-9-19(10-8-18)26(24,25)14-6-4-5-13(11-14)20(22)23/h4-6,11-12,15H,3,7-10,17H2,1-2H3. The minimum Gasteiger partial charge on any atom is -0.339 e. The number of sulfonamides is 1. The first kappa shape index (κ1) is 20.3. The lowest BCUT2D eigenvalue weighted by Gasteiger charge is -2.36. The fourth-order valence-electron chi connectivity index (χ4n) is 2.76. The van der Waals surface area contributed by atoms with Gasteiger partial charge in [0.2, 0.25) is 15.9 Å². The molecule has 10 heteroatoms. The Balaban J connectivity index is 2.08. The molecule has 0 aromatic heterocycles. The number of amides is 1. The van der Waals surface area contributed by atoms with Gasteiger partial charge in [0, 0.05) is 38.3 Å². The van der Waals surface area contributed by atoms with E-state index in [1.807, 2.05) is 13.8 Å². The lowest BCUT2D eigenvalue weighted by atomic mass is 9.99. The Kier molecular flexibility index (Phi) is 6.32. The number of piperazine rings is 1. The van der Waals surface area contributed by atoms with Crippen LogP contribution in [0.5, 0.6) is 0 Å². The van der Waals surface area contributed by atoms with Crippen molar-refractivity contribution < 1.29 is 18.1 Å². The molecule has 0 spiro atoms. The molecule has 0 aliphatic carbocycles. The van der Waals surface area contributed by atoms with Gasteiger partial charge in [-0.1, -0.05) is 26.3 Å². The second kappa shape index (κ2) is 8.11. The first-order chi connectivity index (χ1) is 12.2. The predicted molar refractivity (Wildman–Crippen MR) is 95.9 cm³/mol. The molecule has 1 amide bonds. The van der Waals surface area contributed by atoms with Crippen LogP contribution in [0.15, 0.2) is 29.2 Å². The molecule has 1 heterocycles. The van der Waals surface area contributed by atoms with Gasteiger partial charge >= 0.3 is 0 Å². The van der Waals surface area contributed by atoms with E-state index in [2.05, 4.69) is 0 Å². The molecule has 1 aliphatic heterocycles. The highest BCUT2D eigenvalue weighted by Gasteiger charge is 2.33. The smallest absolute Gasteiger partial charge is 0.270 e. The third-order valence-electron chi connectivity index (χ3n) is 4.76. The molecule has 0 saturated carbocycles. The molecule has 1 aromatic carbocycles. The van der Waals surface area contributed by atoms with Gasteiger partial charge in [0.15, 0.2) is 0 Å². The van der Waals surface area contributed by atoms with Crippen molar-refractivity contribution in [3.63, 3.8) is 0 Å². The molecule has 0 radical (unpaired) electrons. The van der Waals surface area contributed by atoms with Crippen LogP contribution in [0.3, 0.4) is 0 Å². The molecule has 144 valence electrons. The fraction of sp³-hybridized carbons (Fsp3) is 0.562. The van der Waals surface area contributed by atoms with Gasteiger partial charge in [-0.3, -0.25) is 14.9 Å². The van der Waals surface area contributed by atoms with Crippen molar-refractivity contribution in [3.05, 3.63) is 34.4 Å². The maximum Gasteiger partial charge on any atom is 0.270 e. The summed E-state index contributed by atoms with van der Waals surface area (Å²) in [7, 11) is -3.85. The predicted octanol–water partition coefficient (Wildman–Crippen LogP) is 0.801. The summed E-state index contributed by atoms with van der Waals surface area (Å²) in [6.07, 6.45) is 0.786. The molecule has 9 nitrogen and oxygen atoms in total. The number of nitrogens with two attached hydrogens (primary N) is 1. The highest BCUT2D eigenvalue weighted by atomic mass is 32.2. The zero-order valence-corrected chi connectivity index (χ0v) is 15.7. The molecule has 2 unspecified atom stereocenters. The molecule has 1 aromatic rings. The zero-order valence-electron chi connectivity index (χ0n) is 14.9. The molecule has 1 fully saturated rings. The zero-order chi connectivity index (χ0) is 19.5. The van der Waals surface area contributed by atoms with Crippen molar-refractivity contribution >= 4 is 21.6 Å². The quantitative estimate of drug-likeness (QED) is 0.571. The minimum absolute atomic E-state index is 0.0501. The second-order valence-electron chi connectivity index (χ2n) is 6.40. The molecular formula is C16H24N4O5S. The third-order valence-corrected chi connectivity index (χ3v) is 6.65. The van der Waals surface area contributed by atoms with E-state index in [1.165, 1.54) is 22.5 Å². The van der Waals surface area contributed by atoms with Crippen LogP contribution >= 0.6 is 0 Å². The Hall–Kier alpha value is -2.04. The number of benzene rings is 1. The number of carbonyl (C=O) groups excluding carboxylic acids is 1. The van der Waals surface area contributed by atoms with E-state index < -0.39 is 21.0 Å². The van der Waals surface area contributed by atoms with Gasteiger partial charge in [0.25, 0.3) is 5.69 Å². The Morgan fingerprint density at radius 2 is 1.92 bits per heavy atom. The lowest BCUT2D eigenvalue weighted by molar-refractivity contribution is -0.385. The summed E-state index contributed by atoms with van der Waals surface area (Å²) in [5.74, 6) is -0.124.